The van der Waals surface area contributed by atoms with Crippen LogP contribution in [0.3, 0.4) is 0 Å². The van der Waals surface area contributed by atoms with Crippen LogP contribution < -0.4 is 4.90 Å². The topological polar surface area (TPSA) is 43.9 Å². The van der Waals surface area contributed by atoms with E-state index < -0.39 is 0 Å². The van der Waals surface area contributed by atoms with Gasteiger partial charge in [0.05, 0.1) is 17.0 Å². The molecule has 2 fully saturated rings. The van der Waals surface area contributed by atoms with E-state index in [-0.39, 0.29) is 17.6 Å². The summed E-state index contributed by atoms with van der Waals surface area (Å²) in [6, 6.07) is 14.2. The van der Waals surface area contributed by atoms with Crippen molar-refractivity contribution in [2.45, 2.75) is 17.7 Å². The summed E-state index contributed by atoms with van der Waals surface area (Å²) in [4.78, 5) is 32.1. The Bertz CT molecular complexity index is 909. The molecule has 2 amide bonds. The number of hydrogen-bond acceptors (Lipinski definition) is 4. The minimum atomic E-state index is -0.235. The maximum atomic E-state index is 14.1. The standard InChI is InChI=1S/C23H26FN3O2S/c24-19-8-2-3-9-20(19)25-13-15-27(16-14-25)23(29)18-7-1-4-10-21(18)30-17-22(28)26-11-5-6-12-26/h1-4,7-10H,5-6,11-17H2. The van der Waals surface area contributed by atoms with Crippen molar-refractivity contribution in [1.82, 2.24) is 9.80 Å². The van der Waals surface area contributed by atoms with Crippen LogP contribution in [0.4, 0.5) is 10.1 Å². The number of hydrogen-bond donors (Lipinski definition) is 0. The number of para-hydroxylation sites is 1. The Kier molecular flexibility index (Phi) is 6.57. The Morgan fingerprint density at radius 2 is 1.50 bits per heavy atom. The maximum Gasteiger partial charge on any atom is 0.255 e. The second-order valence-corrected chi connectivity index (χ2v) is 8.62. The predicted octanol–water partition coefficient (Wildman–Crippen LogP) is 3.50. The zero-order valence-corrected chi connectivity index (χ0v) is 17.7. The molecule has 0 saturated carbocycles. The van der Waals surface area contributed by atoms with E-state index in [1.807, 2.05) is 45.0 Å². The van der Waals surface area contributed by atoms with E-state index in [0.29, 0.717) is 43.2 Å². The molecule has 0 unspecified atom stereocenters. The molecular formula is C23H26FN3O2S. The molecule has 0 atom stereocenters. The van der Waals surface area contributed by atoms with Gasteiger partial charge < -0.3 is 14.7 Å². The minimum Gasteiger partial charge on any atom is -0.366 e. The van der Waals surface area contributed by atoms with Gasteiger partial charge in [-0.1, -0.05) is 24.3 Å². The number of nitrogens with zero attached hydrogens (tertiary/aromatic N) is 3. The molecule has 0 bridgehead atoms. The van der Waals surface area contributed by atoms with Gasteiger partial charge in [0.15, 0.2) is 0 Å². The lowest BCUT2D eigenvalue weighted by atomic mass is 10.1. The average Bonchev–Trinajstić information content (AvgIpc) is 3.33. The van der Waals surface area contributed by atoms with Gasteiger partial charge in [0.1, 0.15) is 5.82 Å². The highest BCUT2D eigenvalue weighted by Gasteiger charge is 2.25. The highest BCUT2D eigenvalue weighted by Crippen LogP contribution is 2.26. The molecule has 2 heterocycles. The first-order valence-corrected chi connectivity index (χ1v) is 11.4. The van der Waals surface area contributed by atoms with Gasteiger partial charge in [-0.05, 0) is 37.1 Å². The molecule has 0 aliphatic carbocycles. The Morgan fingerprint density at radius 1 is 0.833 bits per heavy atom. The fourth-order valence-electron chi connectivity index (χ4n) is 4.00. The quantitative estimate of drug-likeness (QED) is 0.685. The summed E-state index contributed by atoms with van der Waals surface area (Å²) in [5.41, 5.74) is 1.22. The van der Waals surface area contributed by atoms with Crippen LogP contribution in [-0.4, -0.2) is 66.6 Å². The number of amides is 2. The summed E-state index contributed by atoms with van der Waals surface area (Å²) >= 11 is 1.43. The molecule has 0 radical (unpaired) electrons. The monoisotopic (exact) mass is 427 g/mol. The molecule has 2 aromatic carbocycles. The van der Waals surface area contributed by atoms with E-state index in [0.717, 1.165) is 30.8 Å². The molecular weight excluding hydrogens is 401 g/mol. The van der Waals surface area contributed by atoms with Crippen LogP contribution in [0.1, 0.15) is 23.2 Å². The predicted molar refractivity (Wildman–Crippen MR) is 117 cm³/mol. The smallest absolute Gasteiger partial charge is 0.255 e. The van der Waals surface area contributed by atoms with Gasteiger partial charge in [0.25, 0.3) is 5.91 Å². The third kappa shape index (κ3) is 4.61. The van der Waals surface area contributed by atoms with E-state index in [2.05, 4.69) is 0 Å². The van der Waals surface area contributed by atoms with Crippen LogP contribution in [0.25, 0.3) is 0 Å². The second-order valence-electron chi connectivity index (χ2n) is 7.60. The summed E-state index contributed by atoms with van der Waals surface area (Å²) < 4.78 is 14.1. The first-order valence-electron chi connectivity index (χ1n) is 10.4. The number of thioether (sulfide) groups is 1. The number of likely N-dealkylation sites (tertiary alicyclic amines) is 1. The number of carbonyl (C=O) groups is 2. The van der Waals surface area contributed by atoms with Crippen molar-refractivity contribution in [2.75, 3.05) is 49.9 Å². The van der Waals surface area contributed by atoms with E-state index >= 15 is 0 Å². The van der Waals surface area contributed by atoms with Gasteiger partial charge in [-0.25, -0.2) is 4.39 Å². The summed E-state index contributed by atoms with van der Waals surface area (Å²) in [5.74, 6) is 0.227. The highest BCUT2D eigenvalue weighted by molar-refractivity contribution is 8.00. The third-order valence-electron chi connectivity index (χ3n) is 5.69. The number of halogens is 1. The van der Waals surface area contributed by atoms with Crippen molar-refractivity contribution < 1.29 is 14.0 Å². The molecule has 0 aromatic heterocycles. The van der Waals surface area contributed by atoms with Crippen molar-refractivity contribution in [3.63, 3.8) is 0 Å². The van der Waals surface area contributed by atoms with Gasteiger partial charge in [0.2, 0.25) is 5.91 Å². The van der Waals surface area contributed by atoms with Crippen molar-refractivity contribution in [1.29, 1.82) is 0 Å². The van der Waals surface area contributed by atoms with Gasteiger partial charge in [-0.2, -0.15) is 0 Å². The Labute approximate surface area is 180 Å². The van der Waals surface area contributed by atoms with Gasteiger partial charge in [0, 0.05) is 44.2 Å². The number of anilines is 1. The molecule has 2 saturated heterocycles. The lowest BCUT2D eigenvalue weighted by Crippen LogP contribution is -2.49. The van der Waals surface area contributed by atoms with Crippen molar-refractivity contribution in [2.24, 2.45) is 0 Å². The first-order chi connectivity index (χ1) is 14.6. The van der Waals surface area contributed by atoms with Crippen molar-refractivity contribution >= 4 is 29.3 Å². The molecule has 2 aromatic rings. The molecule has 5 nitrogen and oxygen atoms in total. The summed E-state index contributed by atoms with van der Waals surface area (Å²) in [6.45, 7) is 3.95. The summed E-state index contributed by atoms with van der Waals surface area (Å²) in [7, 11) is 0. The SMILES string of the molecule is O=C(CSc1ccccc1C(=O)N1CCN(c2ccccc2F)CC1)N1CCCC1. The van der Waals surface area contributed by atoms with E-state index in [4.69, 9.17) is 0 Å². The Morgan fingerprint density at radius 3 is 2.23 bits per heavy atom. The molecule has 2 aliphatic heterocycles. The number of rotatable bonds is 5. The molecule has 0 N–H and O–H groups in total. The Hall–Kier alpha value is -2.54. The summed E-state index contributed by atoms with van der Waals surface area (Å²) in [5, 5.41) is 0. The minimum absolute atomic E-state index is 0.0279. The zero-order chi connectivity index (χ0) is 20.9. The molecule has 158 valence electrons. The van der Waals surface area contributed by atoms with Crippen LogP contribution in [0.15, 0.2) is 53.4 Å². The second kappa shape index (κ2) is 9.51. The Balaban J connectivity index is 1.38. The maximum absolute atomic E-state index is 14.1. The van der Waals surface area contributed by atoms with Crippen LogP contribution in [0, 0.1) is 5.82 Å². The highest BCUT2D eigenvalue weighted by atomic mass is 32.2. The zero-order valence-electron chi connectivity index (χ0n) is 16.9. The number of piperazine rings is 1. The summed E-state index contributed by atoms with van der Waals surface area (Å²) in [6.07, 6.45) is 2.15. The van der Waals surface area contributed by atoms with Crippen molar-refractivity contribution in [3.8, 4) is 0 Å². The van der Waals surface area contributed by atoms with Gasteiger partial charge >= 0.3 is 0 Å². The lowest BCUT2D eigenvalue weighted by Gasteiger charge is -2.36. The van der Waals surface area contributed by atoms with Crippen LogP contribution >= 0.6 is 11.8 Å². The van der Waals surface area contributed by atoms with Crippen molar-refractivity contribution in [3.05, 3.63) is 59.9 Å². The fraction of sp³-hybridized carbons (Fsp3) is 0.391. The molecule has 30 heavy (non-hydrogen) atoms. The molecule has 4 rings (SSSR count). The van der Waals surface area contributed by atoms with E-state index in [1.165, 1.54) is 17.8 Å². The van der Waals surface area contributed by atoms with E-state index in [1.54, 1.807) is 12.1 Å². The molecule has 2 aliphatic rings. The lowest BCUT2D eigenvalue weighted by molar-refractivity contribution is -0.127. The van der Waals surface area contributed by atoms with Gasteiger partial charge in [-0.3, -0.25) is 9.59 Å². The average molecular weight is 428 g/mol. The molecule has 0 spiro atoms. The largest absolute Gasteiger partial charge is 0.366 e. The fourth-order valence-corrected chi connectivity index (χ4v) is 4.94. The van der Waals surface area contributed by atoms with Gasteiger partial charge in [-0.15, -0.1) is 11.8 Å². The van der Waals surface area contributed by atoms with Crippen LogP contribution in [0.2, 0.25) is 0 Å². The third-order valence-corrected chi connectivity index (χ3v) is 6.75. The van der Waals surface area contributed by atoms with Crippen LogP contribution in [0.5, 0.6) is 0 Å². The first kappa shape index (κ1) is 20.7. The number of carbonyl (C=O) groups excluding carboxylic acids is 2. The normalized spacial score (nSPS) is 16.8. The molecule has 7 heteroatoms. The van der Waals surface area contributed by atoms with Crippen LogP contribution in [-0.2, 0) is 4.79 Å². The number of benzene rings is 2. The van der Waals surface area contributed by atoms with E-state index in [9.17, 15) is 14.0 Å².